The van der Waals surface area contributed by atoms with Gasteiger partial charge in [0.25, 0.3) is 0 Å². The number of aliphatic hydroxyl groups is 1. The van der Waals surface area contributed by atoms with Crippen molar-refractivity contribution in [2.75, 3.05) is 0 Å². The normalized spacial score (nSPS) is 47.5. The second-order valence-corrected chi connectivity index (χ2v) is 5.26. The predicted molar refractivity (Wildman–Crippen MR) is 55.8 cm³/mol. The minimum Gasteiger partial charge on any atom is -0.368 e. The van der Waals surface area contributed by atoms with Crippen molar-refractivity contribution in [1.29, 1.82) is 0 Å². The summed E-state index contributed by atoms with van der Waals surface area (Å²) in [5, 5.41) is 9.51. The summed E-state index contributed by atoms with van der Waals surface area (Å²) in [7, 11) is 0. The van der Waals surface area contributed by atoms with Gasteiger partial charge < -0.3 is 9.84 Å². The van der Waals surface area contributed by atoms with E-state index in [2.05, 4.69) is 20.4 Å². The summed E-state index contributed by atoms with van der Waals surface area (Å²) < 4.78 is 5.56. The molecule has 1 unspecified atom stereocenters. The van der Waals surface area contributed by atoms with Crippen LogP contribution in [0.25, 0.3) is 0 Å². The van der Waals surface area contributed by atoms with Crippen molar-refractivity contribution in [3.05, 3.63) is 12.2 Å². The highest BCUT2D eigenvalue weighted by Gasteiger charge is 2.47. The SMILES string of the molecule is C=C(C)[C@@H]1CC[C@@]2(C)CC(O)O[C@H]2C1. The van der Waals surface area contributed by atoms with Gasteiger partial charge in [-0.25, -0.2) is 0 Å². The Morgan fingerprint density at radius 2 is 2.29 bits per heavy atom. The lowest BCUT2D eigenvalue weighted by Gasteiger charge is -2.38. The van der Waals surface area contributed by atoms with Crippen LogP contribution in [0.2, 0.25) is 0 Å². The molecule has 1 aliphatic heterocycles. The first-order valence-corrected chi connectivity index (χ1v) is 5.50. The highest BCUT2D eigenvalue weighted by atomic mass is 16.6. The monoisotopic (exact) mass is 196 g/mol. The highest BCUT2D eigenvalue weighted by molar-refractivity contribution is 5.04. The molecular formula is C12H20O2. The van der Waals surface area contributed by atoms with E-state index in [0.29, 0.717) is 5.92 Å². The largest absolute Gasteiger partial charge is 0.368 e. The molecule has 80 valence electrons. The molecule has 2 fully saturated rings. The maximum Gasteiger partial charge on any atom is 0.155 e. The lowest BCUT2D eigenvalue weighted by Crippen LogP contribution is -2.35. The quantitative estimate of drug-likeness (QED) is 0.653. The Morgan fingerprint density at radius 3 is 2.93 bits per heavy atom. The summed E-state index contributed by atoms with van der Waals surface area (Å²) >= 11 is 0. The lowest BCUT2D eigenvalue weighted by atomic mass is 9.68. The molecule has 2 rings (SSSR count). The first kappa shape index (κ1) is 10.2. The molecule has 0 bridgehead atoms. The van der Waals surface area contributed by atoms with Gasteiger partial charge in [-0.15, -0.1) is 0 Å². The van der Waals surface area contributed by atoms with Gasteiger partial charge in [0.2, 0.25) is 0 Å². The van der Waals surface area contributed by atoms with Crippen LogP contribution in [-0.4, -0.2) is 17.5 Å². The second-order valence-electron chi connectivity index (χ2n) is 5.26. The van der Waals surface area contributed by atoms with E-state index in [0.717, 1.165) is 19.3 Å². The van der Waals surface area contributed by atoms with E-state index in [1.54, 1.807) is 0 Å². The Bertz CT molecular complexity index is 249. The zero-order valence-electron chi connectivity index (χ0n) is 9.12. The molecule has 1 N–H and O–H groups in total. The van der Waals surface area contributed by atoms with Crippen LogP contribution >= 0.6 is 0 Å². The molecule has 0 aromatic carbocycles. The summed E-state index contributed by atoms with van der Waals surface area (Å²) in [5.74, 6) is 0.596. The Kier molecular flexibility index (Phi) is 2.44. The van der Waals surface area contributed by atoms with Crippen LogP contribution in [0.3, 0.4) is 0 Å². The molecule has 2 nitrogen and oxygen atoms in total. The van der Waals surface area contributed by atoms with Gasteiger partial charge in [0.1, 0.15) is 0 Å². The van der Waals surface area contributed by atoms with Gasteiger partial charge in [-0.05, 0) is 37.5 Å². The number of hydrogen-bond acceptors (Lipinski definition) is 2. The molecule has 0 radical (unpaired) electrons. The van der Waals surface area contributed by atoms with Crippen LogP contribution < -0.4 is 0 Å². The minimum absolute atomic E-state index is 0.214. The van der Waals surface area contributed by atoms with Gasteiger partial charge in [-0.2, -0.15) is 0 Å². The number of allylic oxidation sites excluding steroid dienone is 1. The van der Waals surface area contributed by atoms with E-state index in [1.807, 2.05) is 0 Å². The molecule has 1 saturated carbocycles. The van der Waals surface area contributed by atoms with Crippen LogP contribution in [0.4, 0.5) is 0 Å². The fraction of sp³-hybridized carbons (Fsp3) is 0.833. The summed E-state index contributed by atoms with van der Waals surface area (Å²) in [6, 6.07) is 0. The zero-order chi connectivity index (χ0) is 10.3. The zero-order valence-corrected chi connectivity index (χ0v) is 9.12. The first-order chi connectivity index (χ1) is 6.51. The fourth-order valence-corrected chi connectivity index (χ4v) is 2.86. The van der Waals surface area contributed by atoms with Crippen molar-refractivity contribution in [2.24, 2.45) is 11.3 Å². The molecule has 4 atom stereocenters. The molecule has 14 heavy (non-hydrogen) atoms. The van der Waals surface area contributed by atoms with Crippen LogP contribution in [0.15, 0.2) is 12.2 Å². The van der Waals surface area contributed by atoms with Crippen LogP contribution in [-0.2, 0) is 4.74 Å². The molecule has 2 aliphatic rings. The topological polar surface area (TPSA) is 29.5 Å². The second kappa shape index (κ2) is 3.35. The first-order valence-electron chi connectivity index (χ1n) is 5.50. The number of aliphatic hydroxyl groups excluding tert-OH is 1. The van der Waals surface area contributed by atoms with Gasteiger partial charge in [-0.3, -0.25) is 0 Å². The standard InChI is InChI=1S/C12H20O2/c1-8(2)9-4-5-12(3)7-11(13)14-10(12)6-9/h9-11,13H,1,4-7H2,2-3H3/t9-,10+,11?,12+/m1/s1. The molecule has 1 aliphatic carbocycles. The smallest absolute Gasteiger partial charge is 0.155 e. The molecule has 0 amide bonds. The van der Waals surface area contributed by atoms with E-state index in [4.69, 9.17) is 4.74 Å². The van der Waals surface area contributed by atoms with Crippen molar-refractivity contribution in [3.63, 3.8) is 0 Å². The third-order valence-electron chi connectivity index (χ3n) is 4.00. The number of hydrogen-bond donors (Lipinski definition) is 1. The van der Waals surface area contributed by atoms with E-state index in [9.17, 15) is 5.11 Å². The maximum atomic E-state index is 9.51. The van der Waals surface area contributed by atoms with Crippen molar-refractivity contribution in [2.45, 2.75) is 51.9 Å². The van der Waals surface area contributed by atoms with E-state index >= 15 is 0 Å². The minimum atomic E-state index is -0.533. The maximum absolute atomic E-state index is 9.51. The van der Waals surface area contributed by atoms with Crippen LogP contribution in [0.5, 0.6) is 0 Å². The predicted octanol–water partition coefficient (Wildman–Crippen LogP) is 2.48. The molecule has 1 heterocycles. The van der Waals surface area contributed by atoms with E-state index in [-0.39, 0.29) is 11.5 Å². The van der Waals surface area contributed by atoms with E-state index < -0.39 is 6.29 Å². The van der Waals surface area contributed by atoms with Gasteiger partial charge >= 0.3 is 0 Å². The molecule has 0 aromatic heterocycles. The third kappa shape index (κ3) is 1.61. The summed E-state index contributed by atoms with van der Waals surface area (Å²) in [5.41, 5.74) is 1.47. The Hall–Kier alpha value is -0.340. The molecule has 2 heteroatoms. The van der Waals surface area contributed by atoms with Crippen molar-refractivity contribution in [1.82, 2.24) is 0 Å². The van der Waals surface area contributed by atoms with Crippen molar-refractivity contribution in [3.8, 4) is 0 Å². The summed E-state index contributed by atoms with van der Waals surface area (Å²) in [6.07, 6.45) is 3.93. The van der Waals surface area contributed by atoms with Gasteiger partial charge in [0, 0.05) is 6.42 Å². The van der Waals surface area contributed by atoms with E-state index in [1.165, 1.54) is 12.0 Å². The number of rotatable bonds is 1. The number of fused-ring (bicyclic) bond motifs is 1. The Balaban J connectivity index is 2.07. The van der Waals surface area contributed by atoms with Crippen molar-refractivity contribution < 1.29 is 9.84 Å². The average molecular weight is 196 g/mol. The lowest BCUT2D eigenvalue weighted by molar-refractivity contribution is -0.105. The molecular weight excluding hydrogens is 176 g/mol. The highest BCUT2D eigenvalue weighted by Crippen LogP contribution is 2.49. The molecule has 0 spiro atoms. The van der Waals surface area contributed by atoms with Gasteiger partial charge in [0.15, 0.2) is 6.29 Å². The Morgan fingerprint density at radius 1 is 1.57 bits per heavy atom. The van der Waals surface area contributed by atoms with Gasteiger partial charge in [0.05, 0.1) is 6.10 Å². The van der Waals surface area contributed by atoms with Crippen LogP contribution in [0, 0.1) is 11.3 Å². The molecule has 0 aromatic rings. The average Bonchev–Trinajstić information content (AvgIpc) is 2.37. The summed E-state index contributed by atoms with van der Waals surface area (Å²) in [6.45, 7) is 8.35. The number of ether oxygens (including phenoxy) is 1. The summed E-state index contributed by atoms with van der Waals surface area (Å²) in [4.78, 5) is 0. The van der Waals surface area contributed by atoms with Gasteiger partial charge in [-0.1, -0.05) is 19.1 Å². The van der Waals surface area contributed by atoms with Crippen molar-refractivity contribution >= 4 is 0 Å². The third-order valence-corrected chi connectivity index (χ3v) is 4.00. The van der Waals surface area contributed by atoms with Crippen LogP contribution in [0.1, 0.15) is 39.5 Å². The fourth-order valence-electron chi connectivity index (χ4n) is 2.86. The Labute approximate surface area is 86.0 Å². The molecule has 1 saturated heterocycles.